The van der Waals surface area contributed by atoms with Gasteiger partial charge in [-0.2, -0.15) is 5.10 Å². The average Bonchev–Trinajstić information content (AvgIpc) is 3.35. The predicted molar refractivity (Wildman–Crippen MR) is 143 cm³/mol. The Morgan fingerprint density at radius 3 is 2.63 bits per heavy atom. The highest BCUT2D eigenvalue weighted by Gasteiger charge is 2.53. The first-order valence-corrected chi connectivity index (χ1v) is 13.7. The van der Waals surface area contributed by atoms with E-state index in [2.05, 4.69) is 19.9 Å². The molecule has 3 unspecified atom stereocenters. The minimum atomic E-state index is 0.125. The zero-order valence-electron chi connectivity index (χ0n) is 20.3. The van der Waals surface area contributed by atoms with Crippen LogP contribution >= 0.6 is 34.8 Å². The van der Waals surface area contributed by atoms with Crippen molar-refractivity contribution in [3.05, 3.63) is 67.8 Å². The molecule has 3 fully saturated rings. The summed E-state index contributed by atoms with van der Waals surface area (Å²) in [7, 11) is 0. The van der Waals surface area contributed by atoms with Crippen LogP contribution in [-0.4, -0.2) is 15.6 Å². The normalized spacial score (nSPS) is 23.5. The molecule has 0 saturated heterocycles. The largest absolute Gasteiger partial charge is 0.292 e. The van der Waals surface area contributed by atoms with Gasteiger partial charge >= 0.3 is 0 Å². The summed E-state index contributed by atoms with van der Waals surface area (Å²) in [5.74, 6) is 2.38. The van der Waals surface area contributed by atoms with E-state index in [1.165, 1.54) is 24.8 Å². The molecule has 35 heavy (non-hydrogen) atoms. The van der Waals surface area contributed by atoms with E-state index < -0.39 is 0 Å². The fourth-order valence-electron chi connectivity index (χ4n) is 6.99. The van der Waals surface area contributed by atoms with Gasteiger partial charge in [-0.1, -0.05) is 54.7 Å². The molecule has 0 radical (unpaired) electrons. The Balaban J connectivity index is 1.37. The number of halogens is 3. The summed E-state index contributed by atoms with van der Waals surface area (Å²) in [6, 6.07) is 9.48. The molecule has 3 saturated carbocycles. The zero-order chi connectivity index (χ0) is 24.6. The molecule has 3 nitrogen and oxygen atoms in total. The first kappa shape index (κ1) is 23.6. The second-order valence-corrected chi connectivity index (χ2v) is 12.5. The summed E-state index contributed by atoms with van der Waals surface area (Å²) in [5, 5.41) is 6.63. The molecule has 3 atom stereocenters. The molecule has 0 amide bonds. The first-order chi connectivity index (χ1) is 16.6. The van der Waals surface area contributed by atoms with Crippen LogP contribution in [0.4, 0.5) is 0 Å². The van der Waals surface area contributed by atoms with E-state index in [4.69, 9.17) is 39.9 Å². The van der Waals surface area contributed by atoms with Crippen LogP contribution in [0.1, 0.15) is 73.1 Å². The van der Waals surface area contributed by atoms with Gasteiger partial charge in [-0.3, -0.25) is 4.79 Å². The van der Waals surface area contributed by atoms with Crippen molar-refractivity contribution in [2.45, 2.75) is 59.3 Å². The smallest absolute Gasteiger partial charge is 0.183 e. The molecule has 1 heterocycles. The fraction of sp³-hybridized carbons (Fsp3) is 0.448. The molecule has 7 rings (SSSR count). The number of benzene rings is 2. The Labute approximate surface area is 221 Å². The maximum absolute atomic E-state index is 13.6. The van der Waals surface area contributed by atoms with E-state index in [9.17, 15) is 4.79 Å². The van der Waals surface area contributed by atoms with Crippen LogP contribution in [0.3, 0.4) is 0 Å². The number of aryl methyl sites for hydroxylation is 1. The zero-order valence-corrected chi connectivity index (χ0v) is 22.6. The summed E-state index contributed by atoms with van der Waals surface area (Å²) in [5.41, 5.74) is 6.82. The number of aromatic nitrogens is 2. The quantitative estimate of drug-likeness (QED) is 0.243. The summed E-state index contributed by atoms with van der Waals surface area (Å²) in [6.45, 7) is 6.83. The maximum atomic E-state index is 13.6. The minimum absolute atomic E-state index is 0.125. The third-order valence-corrected chi connectivity index (χ3v) is 10.1. The molecule has 4 aliphatic rings. The molecule has 2 bridgehead atoms. The molecular weight excluding hydrogens is 499 g/mol. The van der Waals surface area contributed by atoms with E-state index in [0.717, 1.165) is 40.6 Å². The van der Waals surface area contributed by atoms with E-state index in [-0.39, 0.29) is 5.78 Å². The Morgan fingerprint density at radius 2 is 1.91 bits per heavy atom. The van der Waals surface area contributed by atoms with Crippen LogP contribution < -0.4 is 0 Å². The number of ketones is 1. The van der Waals surface area contributed by atoms with Gasteiger partial charge in [0.15, 0.2) is 5.78 Å². The van der Waals surface area contributed by atoms with E-state index in [1.807, 2.05) is 23.7 Å². The van der Waals surface area contributed by atoms with Gasteiger partial charge < -0.3 is 0 Å². The van der Waals surface area contributed by atoms with Crippen LogP contribution in [0, 0.1) is 30.1 Å². The van der Waals surface area contributed by atoms with Crippen LogP contribution in [0.15, 0.2) is 30.3 Å². The van der Waals surface area contributed by atoms with Gasteiger partial charge in [-0.05, 0) is 91.2 Å². The number of Topliss-reactive ketones (excluding diaryl/α,β-unsaturated/α-hetero) is 1. The first-order valence-electron chi connectivity index (χ1n) is 12.5. The number of hydrogen-bond donors (Lipinski definition) is 0. The Hall–Kier alpha value is -1.81. The van der Waals surface area contributed by atoms with Gasteiger partial charge in [-0.15, -0.1) is 0 Å². The number of rotatable bonds is 5. The molecule has 0 spiro atoms. The SMILES string of the molecule is Cc1cc2c(cc1Cl)-c1c(c(C(=O)CCC3CCC4CC3C4(C)C)nn1-c1ccc(Cl)cc1Cl)C2. The Morgan fingerprint density at radius 1 is 1.11 bits per heavy atom. The molecule has 3 aromatic rings. The van der Waals surface area contributed by atoms with Crippen LogP contribution in [0.2, 0.25) is 15.1 Å². The highest BCUT2D eigenvalue weighted by atomic mass is 35.5. The molecule has 182 valence electrons. The number of carbonyl (C=O) groups excluding carboxylic acids is 1. The predicted octanol–water partition coefficient (Wildman–Crippen LogP) is 8.75. The molecule has 6 heteroatoms. The summed E-state index contributed by atoms with van der Waals surface area (Å²) >= 11 is 19.3. The molecular formula is C29H29Cl3N2O. The van der Waals surface area contributed by atoms with Crippen LogP contribution in [-0.2, 0) is 6.42 Å². The second-order valence-electron chi connectivity index (χ2n) is 11.3. The molecule has 0 N–H and O–H groups in total. The third kappa shape index (κ3) is 3.69. The lowest BCUT2D eigenvalue weighted by molar-refractivity contribution is -0.106. The Kier molecular flexibility index (Phi) is 5.63. The van der Waals surface area contributed by atoms with Crippen molar-refractivity contribution in [3.63, 3.8) is 0 Å². The number of nitrogens with zero attached hydrogens (tertiary/aromatic N) is 2. The highest BCUT2D eigenvalue weighted by Crippen LogP contribution is 2.62. The van der Waals surface area contributed by atoms with Gasteiger partial charge in [0.05, 0.1) is 16.4 Å². The van der Waals surface area contributed by atoms with Gasteiger partial charge in [-0.25, -0.2) is 4.68 Å². The lowest BCUT2D eigenvalue weighted by Gasteiger charge is -2.60. The minimum Gasteiger partial charge on any atom is -0.292 e. The summed E-state index contributed by atoms with van der Waals surface area (Å²) in [6.07, 6.45) is 6.05. The van der Waals surface area contributed by atoms with Crippen molar-refractivity contribution in [2.24, 2.45) is 23.2 Å². The van der Waals surface area contributed by atoms with Gasteiger partial charge in [0.1, 0.15) is 5.69 Å². The van der Waals surface area contributed by atoms with Crippen molar-refractivity contribution >= 4 is 40.6 Å². The standard InChI is InChI=1S/C29H29Cl3N2O/c1-15-10-17-11-21-27(26(35)9-5-16-4-6-18-12-22(16)29(18,2)3)33-34(28(21)20(17)14-23(15)31)25-8-7-19(30)13-24(25)32/h7-8,10,13-14,16,18,22H,4-6,9,11-12H2,1-3H3. The monoisotopic (exact) mass is 526 g/mol. The van der Waals surface area contributed by atoms with Gasteiger partial charge in [0.2, 0.25) is 0 Å². The number of fused-ring (bicyclic) bond motifs is 5. The van der Waals surface area contributed by atoms with E-state index in [1.54, 1.807) is 12.1 Å². The molecule has 1 aromatic heterocycles. The van der Waals surface area contributed by atoms with Crippen molar-refractivity contribution in [2.75, 3.05) is 0 Å². The second kappa shape index (κ2) is 8.36. The lowest BCUT2D eigenvalue weighted by atomic mass is 9.45. The Bertz CT molecular complexity index is 1370. The van der Waals surface area contributed by atoms with Gasteiger partial charge in [0, 0.05) is 34.0 Å². The molecule has 0 aliphatic heterocycles. The van der Waals surface area contributed by atoms with Crippen LogP contribution in [0.5, 0.6) is 0 Å². The summed E-state index contributed by atoms with van der Waals surface area (Å²) < 4.78 is 1.82. The van der Waals surface area contributed by atoms with Crippen LogP contribution in [0.25, 0.3) is 16.9 Å². The van der Waals surface area contributed by atoms with Crippen molar-refractivity contribution in [3.8, 4) is 16.9 Å². The topological polar surface area (TPSA) is 34.9 Å². The molecule has 2 aromatic carbocycles. The third-order valence-electron chi connectivity index (χ3n) is 9.14. The van der Waals surface area contributed by atoms with Crippen molar-refractivity contribution < 1.29 is 4.79 Å². The fourth-order valence-corrected chi connectivity index (χ4v) is 7.64. The lowest BCUT2D eigenvalue weighted by Crippen LogP contribution is -2.52. The van der Waals surface area contributed by atoms with Gasteiger partial charge in [0.25, 0.3) is 0 Å². The maximum Gasteiger partial charge on any atom is 0.183 e. The summed E-state index contributed by atoms with van der Waals surface area (Å²) in [4.78, 5) is 13.6. The van der Waals surface area contributed by atoms with E-state index >= 15 is 0 Å². The highest BCUT2D eigenvalue weighted by molar-refractivity contribution is 6.35. The average molecular weight is 528 g/mol. The molecule has 4 aliphatic carbocycles. The number of carbonyl (C=O) groups is 1. The number of hydrogen-bond acceptors (Lipinski definition) is 2. The van der Waals surface area contributed by atoms with Crippen molar-refractivity contribution in [1.82, 2.24) is 9.78 Å². The van der Waals surface area contributed by atoms with E-state index in [0.29, 0.717) is 50.6 Å². The van der Waals surface area contributed by atoms with Crippen molar-refractivity contribution in [1.29, 1.82) is 0 Å².